The summed E-state index contributed by atoms with van der Waals surface area (Å²) in [5.74, 6) is 0.459. The second-order valence-electron chi connectivity index (χ2n) is 3.13. The molecule has 0 aliphatic carbocycles. The average Bonchev–Trinajstić information content (AvgIpc) is 2.68. The summed E-state index contributed by atoms with van der Waals surface area (Å²) in [4.78, 5) is 0. The summed E-state index contributed by atoms with van der Waals surface area (Å²) in [5.41, 5.74) is 1.41. The summed E-state index contributed by atoms with van der Waals surface area (Å²) < 4.78 is 20.1. The molecule has 1 aromatic heterocycles. The van der Waals surface area contributed by atoms with Crippen LogP contribution in [-0.4, -0.2) is 0 Å². The van der Waals surface area contributed by atoms with Crippen LogP contribution >= 0.6 is 31.9 Å². The smallest absolute Gasteiger partial charge is 0.136 e. The molecule has 2 rings (SSSR count). The van der Waals surface area contributed by atoms with Gasteiger partial charge < -0.3 is 4.42 Å². The molecule has 0 aliphatic rings. The van der Waals surface area contributed by atoms with E-state index in [4.69, 9.17) is 4.42 Å². The number of benzene rings is 1. The second kappa shape index (κ2) is 4.10. The average molecular weight is 334 g/mol. The first-order chi connectivity index (χ1) is 7.11. The van der Waals surface area contributed by atoms with Crippen molar-refractivity contribution in [3.63, 3.8) is 0 Å². The van der Waals surface area contributed by atoms with Gasteiger partial charge in [-0.3, -0.25) is 0 Å². The van der Waals surface area contributed by atoms with E-state index >= 15 is 0 Å². The molecule has 0 radical (unpaired) electrons. The van der Waals surface area contributed by atoms with E-state index in [-0.39, 0.29) is 5.82 Å². The van der Waals surface area contributed by atoms with Gasteiger partial charge in [-0.2, -0.15) is 0 Å². The Morgan fingerprint density at radius 3 is 2.67 bits per heavy atom. The maximum Gasteiger partial charge on any atom is 0.136 e. The van der Waals surface area contributed by atoms with Gasteiger partial charge in [0.1, 0.15) is 11.6 Å². The van der Waals surface area contributed by atoms with E-state index in [9.17, 15) is 4.39 Å². The lowest BCUT2D eigenvalue weighted by molar-refractivity contribution is 0.580. The Morgan fingerprint density at radius 1 is 1.33 bits per heavy atom. The van der Waals surface area contributed by atoms with Crippen LogP contribution < -0.4 is 0 Å². The van der Waals surface area contributed by atoms with Crippen molar-refractivity contribution in [1.82, 2.24) is 0 Å². The second-order valence-corrected chi connectivity index (χ2v) is 4.78. The highest BCUT2D eigenvalue weighted by Crippen LogP contribution is 2.38. The minimum atomic E-state index is -0.246. The Balaban J connectivity index is 2.72. The third-order valence-electron chi connectivity index (χ3n) is 2.17. The lowest BCUT2D eigenvalue weighted by Crippen LogP contribution is -1.89. The van der Waals surface area contributed by atoms with E-state index in [1.54, 1.807) is 19.3 Å². The van der Waals surface area contributed by atoms with Crippen LogP contribution in [0.2, 0.25) is 0 Å². The van der Waals surface area contributed by atoms with Crippen LogP contribution in [0.3, 0.4) is 0 Å². The molecule has 0 saturated heterocycles. The molecule has 1 aromatic carbocycles. The molecule has 15 heavy (non-hydrogen) atoms. The van der Waals surface area contributed by atoms with E-state index in [1.807, 2.05) is 6.07 Å². The first-order valence-electron chi connectivity index (χ1n) is 4.29. The number of hydrogen-bond acceptors (Lipinski definition) is 1. The standard InChI is InChI=1S/C11H7Br2FO/c1-6-8(14)5-7(12)10(11(6)13)9-3-2-4-15-9/h2-5H,1H3. The molecule has 0 bridgehead atoms. The molecule has 4 heteroatoms. The molecule has 1 nitrogen and oxygen atoms in total. The predicted octanol–water partition coefficient (Wildman–Crippen LogP) is 4.92. The SMILES string of the molecule is Cc1c(F)cc(Br)c(-c2ccco2)c1Br. The monoisotopic (exact) mass is 332 g/mol. The third-order valence-corrected chi connectivity index (χ3v) is 3.78. The van der Waals surface area contributed by atoms with Crippen LogP contribution in [0.1, 0.15) is 5.56 Å². The quantitative estimate of drug-likeness (QED) is 0.722. The first kappa shape index (κ1) is 10.9. The zero-order valence-corrected chi connectivity index (χ0v) is 11.0. The van der Waals surface area contributed by atoms with Gasteiger partial charge in [0.25, 0.3) is 0 Å². The lowest BCUT2D eigenvalue weighted by Gasteiger charge is -2.08. The summed E-state index contributed by atoms with van der Waals surface area (Å²) in [6.45, 7) is 1.72. The Bertz CT molecular complexity index is 492. The Labute approximate surface area is 104 Å². The number of furan rings is 1. The van der Waals surface area contributed by atoms with Gasteiger partial charge in [-0.1, -0.05) is 0 Å². The molecular formula is C11H7Br2FO. The van der Waals surface area contributed by atoms with Crippen molar-refractivity contribution < 1.29 is 8.81 Å². The van der Waals surface area contributed by atoms with Crippen molar-refractivity contribution in [2.45, 2.75) is 6.92 Å². The fourth-order valence-electron chi connectivity index (χ4n) is 1.34. The normalized spacial score (nSPS) is 10.7. The summed E-state index contributed by atoms with van der Waals surface area (Å²) in [5, 5.41) is 0. The van der Waals surface area contributed by atoms with Crippen molar-refractivity contribution in [3.05, 3.63) is 44.8 Å². The zero-order chi connectivity index (χ0) is 11.0. The minimum absolute atomic E-state index is 0.246. The molecule has 0 amide bonds. The minimum Gasteiger partial charge on any atom is -0.464 e. The number of rotatable bonds is 1. The van der Waals surface area contributed by atoms with Crippen molar-refractivity contribution >= 4 is 31.9 Å². The van der Waals surface area contributed by atoms with Gasteiger partial charge in [-0.25, -0.2) is 4.39 Å². The van der Waals surface area contributed by atoms with Crippen LogP contribution in [0.25, 0.3) is 11.3 Å². The highest BCUT2D eigenvalue weighted by molar-refractivity contribution is 9.11. The summed E-state index contributed by atoms with van der Waals surface area (Å²) in [6, 6.07) is 5.08. The van der Waals surface area contributed by atoms with E-state index in [0.29, 0.717) is 20.3 Å². The fourth-order valence-corrected chi connectivity index (χ4v) is 2.79. The molecule has 0 fully saturated rings. The van der Waals surface area contributed by atoms with Gasteiger partial charge in [0.15, 0.2) is 0 Å². The molecule has 2 aromatic rings. The van der Waals surface area contributed by atoms with Crippen molar-refractivity contribution in [2.24, 2.45) is 0 Å². The number of hydrogen-bond donors (Lipinski definition) is 0. The highest BCUT2D eigenvalue weighted by Gasteiger charge is 2.15. The third kappa shape index (κ3) is 1.88. The van der Waals surface area contributed by atoms with Crippen LogP contribution in [0, 0.1) is 12.7 Å². The van der Waals surface area contributed by atoms with Crippen molar-refractivity contribution in [1.29, 1.82) is 0 Å². The summed E-state index contributed by atoms with van der Waals surface area (Å²) in [7, 11) is 0. The van der Waals surface area contributed by atoms with Crippen molar-refractivity contribution in [2.75, 3.05) is 0 Å². The van der Waals surface area contributed by atoms with Gasteiger partial charge in [0, 0.05) is 14.5 Å². The highest BCUT2D eigenvalue weighted by atomic mass is 79.9. The predicted molar refractivity (Wildman–Crippen MR) is 64.2 cm³/mol. The molecule has 78 valence electrons. The largest absolute Gasteiger partial charge is 0.464 e. The molecule has 0 unspecified atom stereocenters. The van der Waals surface area contributed by atoms with Crippen LogP contribution in [-0.2, 0) is 0 Å². The van der Waals surface area contributed by atoms with E-state index in [2.05, 4.69) is 31.9 Å². The Morgan fingerprint density at radius 2 is 2.07 bits per heavy atom. The lowest BCUT2D eigenvalue weighted by atomic mass is 10.1. The fraction of sp³-hybridized carbons (Fsp3) is 0.0909. The molecule has 1 heterocycles. The molecule has 0 saturated carbocycles. The van der Waals surface area contributed by atoms with Gasteiger partial charge in [-0.15, -0.1) is 0 Å². The van der Waals surface area contributed by atoms with E-state index in [1.165, 1.54) is 6.07 Å². The Kier molecular flexibility index (Phi) is 2.98. The van der Waals surface area contributed by atoms with Crippen LogP contribution in [0.15, 0.2) is 37.8 Å². The molecule has 0 atom stereocenters. The molecule has 0 aliphatic heterocycles. The van der Waals surface area contributed by atoms with Gasteiger partial charge in [0.2, 0.25) is 0 Å². The van der Waals surface area contributed by atoms with Crippen molar-refractivity contribution in [3.8, 4) is 11.3 Å². The van der Waals surface area contributed by atoms with Gasteiger partial charge >= 0.3 is 0 Å². The maximum absolute atomic E-state index is 13.4. The van der Waals surface area contributed by atoms with Crippen LogP contribution in [0.5, 0.6) is 0 Å². The van der Waals surface area contributed by atoms with E-state index in [0.717, 1.165) is 5.56 Å². The molecule has 0 spiro atoms. The Hall–Kier alpha value is -0.610. The maximum atomic E-state index is 13.4. The zero-order valence-electron chi connectivity index (χ0n) is 7.85. The topological polar surface area (TPSA) is 13.1 Å². The van der Waals surface area contributed by atoms with Gasteiger partial charge in [0.05, 0.1) is 6.26 Å². The first-order valence-corrected chi connectivity index (χ1v) is 5.88. The number of halogens is 3. The summed E-state index contributed by atoms with van der Waals surface area (Å²) in [6.07, 6.45) is 1.59. The van der Waals surface area contributed by atoms with E-state index < -0.39 is 0 Å². The van der Waals surface area contributed by atoms with Gasteiger partial charge in [-0.05, 0) is 62.5 Å². The summed E-state index contributed by atoms with van der Waals surface area (Å²) >= 11 is 6.70. The molecular weight excluding hydrogens is 327 g/mol. The molecule has 0 N–H and O–H groups in total. The van der Waals surface area contributed by atoms with Crippen LogP contribution in [0.4, 0.5) is 4.39 Å².